The van der Waals surface area contributed by atoms with E-state index >= 15 is 0 Å². The first-order chi connectivity index (χ1) is 19.1. The number of carbonyl (C=O) groups is 2. The smallest absolute Gasteiger partial charge is 0.421 e. The van der Waals surface area contributed by atoms with E-state index in [4.69, 9.17) is 0 Å². The molecular formula is C24H17F4N7O4S. The second kappa shape index (κ2) is 10.6. The molecule has 0 spiro atoms. The molecule has 1 aliphatic heterocycles. The van der Waals surface area contributed by atoms with Gasteiger partial charge in [0, 0.05) is 42.6 Å². The molecule has 0 saturated heterocycles. The number of halogens is 4. The minimum atomic E-state index is -4.89. The first-order valence-electron chi connectivity index (χ1n) is 11.3. The summed E-state index contributed by atoms with van der Waals surface area (Å²) in [5.41, 5.74) is 2.68. The number of rotatable bonds is 7. The van der Waals surface area contributed by atoms with Crippen LogP contribution in [0.25, 0.3) is 0 Å². The molecule has 0 atom stereocenters. The van der Waals surface area contributed by atoms with Crippen LogP contribution in [0.4, 0.5) is 45.4 Å². The summed E-state index contributed by atoms with van der Waals surface area (Å²) in [6, 6.07) is 9.19. The van der Waals surface area contributed by atoms with E-state index < -0.39 is 35.7 Å². The number of nitrogens with one attached hydrogen (secondary N) is 4. The highest BCUT2D eigenvalue weighted by molar-refractivity contribution is 7.12. The maximum atomic E-state index is 13.5. The molecule has 4 aromatic rings. The van der Waals surface area contributed by atoms with Crippen LogP contribution in [0.15, 0.2) is 66.6 Å². The average molecular weight is 576 g/mol. The van der Waals surface area contributed by atoms with Gasteiger partial charge < -0.3 is 25.4 Å². The van der Waals surface area contributed by atoms with Crippen molar-refractivity contribution in [3.63, 3.8) is 0 Å². The highest BCUT2D eigenvalue weighted by Crippen LogP contribution is 2.47. The minimum absolute atomic E-state index is 0.00242. The van der Waals surface area contributed by atoms with Gasteiger partial charge in [-0.1, -0.05) is 0 Å². The molecule has 1 aromatic carbocycles. The van der Waals surface area contributed by atoms with Crippen LogP contribution in [0.1, 0.15) is 15.2 Å². The third-order valence-electron chi connectivity index (χ3n) is 5.25. The van der Waals surface area contributed by atoms with E-state index in [1.807, 2.05) is 0 Å². The van der Waals surface area contributed by atoms with Gasteiger partial charge in [-0.3, -0.25) is 15.1 Å². The van der Waals surface area contributed by atoms with E-state index in [9.17, 15) is 27.2 Å². The fraction of sp³-hybridized carbons (Fsp3) is 0.125. The Balaban J connectivity index is 1.20. The zero-order valence-electron chi connectivity index (χ0n) is 20.0. The van der Waals surface area contributed by atoms with Gasteiger partial charge in [0.15, 0.2) is 11.5 Å². The lowest BCUT2D eigenvalue weighted by Crippen LogP contribution is -2.52. The van der Waals surface area contributed by atoms with E-state index in [2.05, 4.69) is 45.7 Å². The van der Waals surface area contributed by atoms with Crippen molar-refractivity contribution in [1.29, 1.82) is 0 Å². The number of anilines is 4. The molecule has 0 unspecified atom stereocenters. The van der Waals surface area contributed by atoms with Crippen LogP contribution in [0, 0.1) is 0 Å². The van der Waals surface area contributed by atoms with Crippen LogP contribution in [0.2, 0.25) is 0 Å². The number of hydrogen-bond acceptors (Lipinski definition) is 9. The summed E-state index contributed by atoms with van der Waals surface area (Å²) < 4.78 is 61.9. The Hall–Kier alpha value is -4.99. The molecule has 11 nitrogen and oxygen atoms in total. The van der Waals surface area contributed by atoms with Gasteiger partial charge in [-0.25, -0.2) is 14.8 Å². The molecule has 0 radical (unpaired) electrons. The Bertz CT molecular complexity index is 1560. The minimum Gasteiger partial charge on any atom is -0.421 e. The van der Waals surface area contributed by atoms with Gasteiger partial charge in [-0.05, 0) is 42.0 Å². The number of thiazole rings is 1. The van der Waals surface area contributed by atoms with Crippen molar-refractivity contribution < 1.29 is 36.6 Å². The lowest BCUT2D eigenvalue weighted by molar-refractivity contribution is -0.391. The van der Waals surface area contributed by atoms with Crippen molar-refractivity contribution in [3.05, 3.63) is 77.0 Å². The third kappa shape index (κ3) is 5.85. The zero-order valence-corrected chi connectivity index (χ0v) is 20.8. The quantitative estimate of drug-likeness (QED) is 0.215. The highest BCUT2D eigenvalue weighted by atomic mass is 32.1. The van der Waals surface area contributed by atoms with Crippen LogP contribution in [-0.4, -0.2) is 39.1 Å². The monoisotopic (exact) mass is 575 g/mol. The Kier molecular flexibility index (Phi) is 7.08. The number of hydrogen-bond donors (Lipinski definition) is 4. The van der Waals surface area contributed by atoms with Crippen molar-refractivity contribution in [3.8, 4) is 11.5 Å². The van der Waals surface area contributed by atoms with Crippen LogP contribution in [-0.2, 0) is 6.54 Å². The number of fused-ring (bicyclic) bond motifs is 1. The number of ether oxygens (including phenoxy) is 2. The number of aromatic nitrogens is 3. The average Bonchev–Trinajstić information content (AvgIpc) is 3.38. The SMILES string of the molecule is O=C(Nc1ccncc1)Nc1cc(CNc2ncsc2C(=O)Nc2ccc3c(c2)OC(F)(F)C(F)(F)O3)ccn1. The predicted molar refractivity (Wildman–Crippen MR) is 136 cm³/mol. The molecule has 3 amide bonds. The molecule has 0 aliphatic carbocycles. The number of urea groups is 1. The molecule has 4 heterocycles. The number of carbonyl (C=O) groups excluding carboxylic acids is 2. The van der Waals surface area contributed by atoms with Crippen LogP contribution < -0.4 is 30.7 Å². The van der Waals surface area contributed by atoms with Crippen molar-refractivity contribution in [2.75, 3.05) is 21.3 Å². The van der Waals surface area contributed by atoms with E-state index in [-0.39, 0.29) is 28.7 Å². The van der Waals surface area contributed by atoms with Gasteiger partial charge in [-0.15, -0.1) is 11.3 Å². The van der Waals surface area contributed by atoms with Crippen LogP contribution >= 0.6 is 11.3 Å². The second-order valence-corrected chi connectivity index (χ2v) is 8.96. The summed E-state index contributed by atoms with van der Waals surface area (Å²) >= 11 is 1.01. The molecule has 3 aromatic heterocycles. The molecule has 1 aliphatic rings. The molecule has 0 saturated carbocycles. The third-order valence-corrected chi connectivity index (χ3v) is 6.08. The van der Waals surface area contributed by atoms with Crippen LogP contribution in [0.5, 0.6) is 11.5 Å². The Morgan fingerprint density at radius 1 is 0.825 bits per heavy atom. The Morgan fingerprint density at radius 2 is 1.57 bits per heavy atom. The summed E-state index contributed by atoms with van der Waals surface area (Å²) in [6.45, 7) is 0.209. The lowest BCUT2D eigenvalue weighted by atomic mass is 10.2. The Labute approximate surface area is 226 Å². The number of pyridine rings is 2. The lowest BCUT2D eigenvalue weighted by Gasteiger charge is -2.31. The topological polar surface area (TPSA) is 139 Å². The molecule has 206 valence electrons. The molecule has 5 rings (SSSR count). The number of amides is 3. The van der Waals surface area contributed by atoms with Gasteiger partial charge >= 0.3 is 18.2 Å². The van der Waals surface area contributed by atoms with E-state index in [0.29, 0.717) is 11.3 Å². The highest BCUT2D eigenvalue weighted by Gasteiger charge is 2.65. The van der Waals surface area contributed by atoms with Crippen molar-refractivity contribution in [2.24, 2.45) is 0 Å². The maximum absolute atomic E-state index is 13.5. The first kappa shape index (κ1) is 26.6. The summed E-state index contributed by atoms with van der Waals surface area (Å²) in [5.74, 6) is -1.39. The Morgan fingerprint density at radius 3 is 2.35 bits per heavy atom. The number of alkyl halides is 4. The largest absolute Gasteiger partial charge is 0.507 e. The normalized spacial score (nSPS) is 14.6. The molecular weight excluding hydrogens is 558 g/mol. The van der Waals surface area contributed by atoms with Gasteiger partial charge in [0.05, 0.1) is 5.51 Å². The molecule has 40 heavy (non-hydrogen) atoms. The van der Waals surface area contributed by atoms with Crippen molar-refractivity contribution in [1.82, 2.24) is 15.0 Å². The van der Waals surface area contributed by atoms with E-state index in [1.165, 1.54) is 30.2 Å². The number of benzene rings is 1. The van der Waals surface area contributed by atoms with Crippen molar-refractivity contribution in [2.45, 2.75) is 18.8 Å². The van der Waals surface area contributed by atoms with E-state index in [0.717, 1.165) is 23.5 Å². The predicted octanol–water partition coefficient (Wildman–Crippen LogP) is 5.40. The number of nitrogens with zero attached hydrogens (tertiary/aromatic N) is 3. The second-order valence-electron chi connectivity index (χ2n) is 8.10. The van der Waals surface area contributed by atoms with E-state index in [1.54, 1.807) is 24.3 Å². The van der Waals surface area contributed by atoms with Crippen molar-refractivity contribution >= 4 is 46.3 Å². The standard InChI is InChI=1S/C24H17F4N7O4S/c25-23(26)24(27,28)39-17-10-15(1-2-16(17)38-23)33-21(36)19-20(32-12-40-19)31-11-13-3-8-30-18(9-13)35-22(37)34-14-4-6-29-7-5-14/h1-10,12,31H,11H2,(H,33,36)(H2,29,30,34,35,37). The van der Waals surface area contributed by atoms with Gasteiger partial charge in [-0.2, -0.15) is 17.6 Å². The molecule has 4 N–H and O–H groups in total. The summed E-state index contributed by atoms with van der Waals surface area (Å²) in [4.78, 5) is 37.3. The molecule has 0 bridgehead atoms. The van der Waals surface area contributed by atoms with Gasteiger partial charge in [0.1, 0.15) is 16.5 Å². The zero-order chi connectivity index (χ0) is 28.3. The fourth-order valence-corrected chi connectivity index (χ4v) is 4.08. The summed E-state index contributed by atoms with van der Waals surface area (Å²) in [6.07, 6.45) is -5.16. The first-order valence-corrected chi connectivity index (χ1v) is 12.2. The van der Waals surface area contributed by atoms with Crippen LogP contribution in [0.3, 0.4) is 0 Å². The fourth-order valence-electron chi connectivity index (χ4n) is 3.42. The maximum Gasteiger partial charge on any atom is 0.507 e. The molecule has 0 fully saturated rings. The van der Waals surface area contributed by atoms with Gasteiger partial charge in [0.2, 0.25) is 0 Å². The molecule has 16 heteroatoms. The summed E-state index contributed by atoms with van der Waals surface area (Å²) in [5, 5.41) is 10.8. The van der Waals surface area contributed by atoms with Gasteiger partial charge in [0.25, 0.3) is 5.91 Å². The summed E-state index contributed by atoms with van der Waals surface area (Å²) in [7, 11) is 0.